The second kappa shape index (κ2) is 6.65. The number of hydrogen-bond acceptors (Lipinski definition) is 4. The van der Waals surface area contributed by atoms with Gasteiger partial charge in [0.25, 0.3) is 0 Å². The summed E-state index contributed by atoms with van der Waals surface area (Å²) in [6, 6.07) is 20.0. The maximum atomic E-state index is 4.56. The van der Waals surface area contributed by atoms with Crippen molar-refractivity contribution in [3.05, 3.63) is 70.0 Å². The fraction of sp³-hybridized carbons (Fsp3) is 0. The van der Waals surface area contributed by atoms with Gasteiger partial charge >= 0.3 is 0 Å². The molecule has 0 aliphatic rings. The highest BCUT2D eigenvalue weighted by molar-refractivity contribution is 9.11. The Morgan fingerprint density at radius 1 is 1.00 bits per heavy atom. The maximum Gasteiger partial charge on any atom is 0.205 e. The van der Waals surface area contributed by atoms with Crippen LogP contribution < -0.4 is 5.43 Å². The molecule has 3 nitrogen and oxygen atoms in total. The molecule has 1 N–H and O–H groups in total. The van der Waals surface area contributed by atoms with Gasteiger partial charge < -0.3 is 0 Å². The molecule has 0 saturated heterocycles. The van der Waals surface area contributed by atoms with Crippen molar-refractivity contribution < 1.29 is 0 Å². The van der Waals surface area contributed by atoms with E-state index in [2.05, 4.69) is 31.4 Å². The first-order valence-electron chi connectivity index (χ1n) is 6.39. The molecule has 0 saturated carbocycles. The van der Waals surface area contributed by atoms with Crippen molar-refractivity contribution in [1.82, 2.24) is 4.98 Å². The van der Waals surface area contributed by atoms with E-state index < -0.39 is 0 Å². The van der Waals surface area contributed by atoms with Crippen molar-refractivity contribution in [1.29, 1.82) is 0 Å². The maximum absolute atomic E-state index is 4.56. The van der Waals surface area contributed by atoms with Gasteiger partial charge in [-0.25, -0.2) is 4.98 Å². The molecule has 0 spiro atoms. The molecule has 0 radical (unpaired) electrons. The van der Waals surface area contributed by atoms with Gasteiger partial charge in [-0.3, -0.25) is 5.43 Å². The molecule has 0 atom stereocenters. The zero-order chi connectivity index (χ0) is 14.5. The van der Waals surface area contributed by atoms with Gasteiger partial charge in [-0.2, -0.15) is 5.10 Å². The molecule has 0 aliphatic heterocycles. The summed E-state index contributed by atoms with van der Waals surface area (Å²) in [5.41, 5.74) is 6.03. The number of nitrogens with one attached hydrogen (secondary N) is 1. The molecular weight excluding hydrogens is 346 g/mol. The molecule has 21 heavy (non-hydrogen) atoms. The minimum absolute atomic E-state index is 0.757. The Labute approximate surface area is 135 Å². The Hall–Kier alpha value is -1.98. The summed E-state index contributed by atoms with van der Waals surface area (Å²) in [6.07, 6.45) is 1.78. The van der Waals surface area contributed by atoms with E-state index in [1.807, 2.05) is 60.7 Å². The quantitative estimate of drug-likeness (QED) is 0.525. The molecule has 5 heteroatoms. The molecule has 0 bridgehead atoms. The second-order valence-corrected chi connectivity index (χ2v) is 6.61. The summed E-state index contributed by atoms with van der Waals surface area (Å²) in [4.78, 5) is 4.56. The van der Waals surface area contributed by atoms with Crippen LogP contribution in [0.15, 0.2) is 69.6 Å². The number of rotatable bonds is 4. The fourth-order valence-electron chi connectivity index (χ4n) is 1.82. The molecule has 104 valence electrons. The highest BCUT2D eigenvalue weighted by Crippen LogP contribution is 2.35. The van der Waals surface area contributed by atoms with Crippen LogP contribution in [0.25, 0.3) is 11.3 Å². The Bertz CT molecular complexity index is 739. The highest BCUT2D eigenvalue weighted by Gasteiger charge is 2.09. The topological polar surface area (TPSA) is 37.3 Å². The third kappa shape index (κ3) is 3.56. The molecule has 3 rings (SSSR count). The lowest BCUT2D eigenvalue weighted by atomic mass is 10.2. The molecule has 0 unspecified atom stereocenters. The molecule has 3 aromatic rings. The molecule has 0 fully saturated rings. The smallest absolute Gasteiger partial charge is 0.205 e. The second-order valence-electron chi connectivity index (χ2n) is 4.29. The first-order chi connectivity index (χ1) is 10.3. The molecule has 0 amide bonds. The standard InChI is InChI=1S/C16H12BrN3S/c17-15-14(13-9-5-2-6-10-13)19-16(21-15)20-18-11-12-7-3-1-4-8-12/h1-11H,(H,19,20). The summed E-state index contributed by atoms with van der Waals surface area (Å²) >= 11 is 5.08. The van der Waals surface area contributed by atoms with E-state index in [0.29, 0.717) is 0 Å². The number of hydrogen-bond donors (Lipinski definition) is 1. The van der Waals surface area contributed by atoms with Gasteiger partial charge in [-0.05, 0) is 21.5 Å². The van der Waals surface area contributed by atoms with E-state index in [1.165, 1.54) is 11.3 Å². The molecule has 1 heterocycles. The van der Waals surface area contributed by atoms with Crippen LogP contribution in [0.5, 0.6) is 0 Å². The lowest BCUT2D eigenvalue weighted by molar-refractivity contribution is 1.29. The monoisotopic (exact) mass is 357 g/mol. The normalized spacial score (nSPS) is 10.9. The van der Waals surface area contributed by atoms with E-state index in [-0.39, 0.29) is 0 Å². The van der Waals surface area contributed by atoms with Gasteiger partial charge in [0.15, 0.2) is 0 Å². The van der Waals surface area contributed by atoms with Crippen LogP contribution in [0.2, 0.25) is 0 Å². The van der Waals surface area contributed by atoms with E-state index in [4.69, 9.17) is 0 Å². The highest BCUT2D eigenvalue weighted by atomic mass is 79.9. The van der Waals surface area contributed by atoms with Crippen LogP contribution in [0.4, 0.5) is 5.13 Å². The first kappa shape index (κ1) is 14.0. The number of nitrogens with zero attached hydrogens (tertiary/aromatic N) is 2. The minimum atomic E-state index is 0.757. The zero-order valence-electron chi connectivity index (χ0n) is 11.0. The number of aromatic nitrogens is 1. The first-order valence-corrected chi connectivity index (χ1v) is 8.00. The van der Waals surface area contributed by atoms with Crippen LogP contribution >= 0.6 is 27.3 Å². The van der Waals surface area contributed by atoms with Gasteiger partial charge in [0.2, 0.25) is 5.13 Å². The third-order valence-electron chi connectivity index (χ3n) is 2.81. The van der Waals surface area contributed by atoms with Gasteiger partial charge in [0.1, 0.15) is 0 Å². The van der Waals surface area contributed by atoms with Gasteiger partial charge in [-0.1, -0.05) is 72.0 Å². The summed E-state index contributed by atoms with van der Waals surface area (Å²) < 4.78 is 0.992. The average Bonchev–Trinajstić information content (AvgIpc) is 2.90. The van der Waals surface area contributed by atoms with E-state index in [9.17, 15) is 0 Å². The number of thiazole rings is 1. The van der Waals surface area contributed by atoms with E-state index >= 15 is 0 Å². The Balaban J connectivity index is 1.75. The van der Waals surface area contributed by atoms with Gasteiger partial charge in [-0.15, -0.1) is 0 Å². The SMILES string of the molecule is Brc1sc(NN=Cc2ccccc2)nc1-c1ccccc1. The Morgan fingerprint density at radius 3 is 2.38 bits per heavy atom. The summed E-state index contributed by atoms with van der Waals surface area (Å²) in [5.74, 6) is 0. The van der Waals surface area contributed by atoms with Crippen LogP contribution in [0.3, 0.4) is 0 Å². The largest absolute Gasteiger partial charge is 0.253 e. The summed E-state index contributed by atoms with van der Waals surface area (Å²) in [5, 5.41) is 4.97. The Kier molecular flexibility index (Phi) is 4.43. The van der Waals surface area contributed by atoms with Crippen molar-refractivity contribution in [2.75, 3.05) is 5.43 Å². The average molecular weight is 358 g/mol. The van der Waals surface area contributed by atoms with Crippen molar-refractivity contribution in [2.45, 2.75) is 0 Å². The minimum Gasteiger partial charge on any atom is -0.253 e. The summed E-state index contributed by atoms with van der Waals surface area (Å²) in [6.45, 7) is 0. The van der Waals surface area contributed by atoms with Crippen molar-refractivity contribution in [3.63, 3.8) is 0 Å². The third-order valence-corrected chi connectivity index (χ3v) is 4.42. The molecule has 2 aromatic carbocycles. The van der Waals surface area contributed by atoms with Gasteiger partial charge in [0, 0.05) is 5.56 Å². The van der Waals surface area contributed by atoms with Crippen molar-refractivity contribution in [3.8, 4) is 11.3 Å². The predicted molar refractivity (Wildman–Crippen MR) is 92.9 cm³/mol. The molecule has 0 aliphatic carbocycles. The number of anilines is 1. The fourth-order valence-corrected chi connectivity index (χ4v) is 3.27. The van der Waals surface area contributed by atoms with Crippen LogP contribution in [-0.2, 0) is 0 Å². The van der Waals surface area contributed by atoms with Crippen molar-refractivity contribution >= 4 is 38.6 Å². The lowest BCUT2D eigenvalue weighted by Gasteiger charge is -1.96. The lowest BCUT2D eigenvalue weighted by Crippen LogP contribution is -1.89. The number of hydrazone groups is 1. The Morgan fingerprint density at radius 2 is 1.67 bits per heavy atom. The molecular formula is C16H12BrN3S. The van der Waals surface area contributed by atoms with E-state index in [0.717, 1.165) is 25.7 Å². The molecule has 1 aromatic heterocycles. The van der Waals surface area contributed by atoms with Crippen LogP contribution in [0, 0.1) is 0 Å². The van der Waals surface area contributed by atoms with Crippen molar-refractivity contribution in [2.24, 2.45) is 5.10 Å². The predicted octanol–water partition coefficient (Wildman–Crippen LogP) is 5.02. The van der Waals surface area contributed by atoms with Crippen LogP contribution in [0.1, 0.15) is 5.56 Å². The van der Waals surface area contributed by atoms with Gasteiger partial charge in [0.05, 0.1) is 15.7 Å². The summed E-state index contributed by atoms with van der Waals surface area (Å²) in [7, 11) is 0. The zero-order valence-corrected chi connectivity index (χ0v) is 13.4. The number of benzene rings is 2. The van der Waals surface area contributed by atoms with Crippen LogP contribution in [-0.4, -0.2) is 11.2 Å². The van der Waals surface area contributed by atoms with E-state index in [1.54, 1.807) is 6.21 Å². The number of halogens is 1.